The average molecular weight is 322 g/mol. The number of nitrogens with zero attached hydrogens (tertiary/aromatic N) is 2. The highest BCUT2D eigenvalue weighted by molar-refractivity contribution is 5.95. The Morgan fingerprint density at radius 1 is 1.17 bits per heavy atom. The Balaban J connectivity index is 2.19. The maximum absolute atomic E-state index is 12.7. The number of aryl methyl sites for hydroxylation is 2. The van der Waals surface area contributed by atoms with Crippen LogP contribution in [0.25, 0.3) is 10.9 Å². The van der Waals surface area contributed by atoms with Crippen LogP contribution in [0.1, 0.15) is 18.1 Å². The first-order chi connectivity index (χ1) is 11.5. The number of hydrogen-bond acceptors (Lipinski definition) is 4. The molecule has 24 heavy (non-hydrogen) atoms. The molecule has 0 aliphatic rings. The van der Waals surface area contributed by atoms with Gasteiger partial charge in [0.25, 0.3) is 5.56 Å². The van der Waals surface area contributed by atoms with Crippen LogP contribution in [0.3, 0.4) is 0 Å². The number of aromatic hydroxyl groups is 2. The minimum Gasteiger partial charge on any atom is -0.508 e. The van der Waals surface area contributed by atoms with E-state index >= 15 is 0 Å². The van der Waals surface area contributed by atoms with Gasteiger partial charge < -0.3 is 14.8 Å². The second kappa shape index (κ2) is 6.20. The third-order valence-electron chi connectivity index (χ3n) is 4.01. The fraction of sp³-hybridized carbons (Fsp3) is 0.158. The van der Waals surface area contributed by atoms with Gasteiger partial charge in [0.15, 0.2) is 0 Å². The van der Waals surface area contributed by atoms with E-state index in [0.29, 0.717) is 23.1 Å². The van der Waals surface area contributed by atoms with E-state index in [2.05, 4.69) is 4.99 Å². The Bertz CT molecular complexity index is 1000. The third kappa shape index (κ3) is 2.65. The molecule has 0 spiro atoms. The smallest absolute Gasteiger partial charge is 0.263 e. The van der Waals surface area contributed by atoms with Crippen molar-refractivity contribution in [1.82, 2.24) is 4.57 Å². The van der Waals surface area contributed by atoms with E-state index in [0.717, 1.165) is 5.56 Å². The van der Waals surface area contributed by atoms with Gasteiger partial charge in [0.05, 0.1) is 11.2 Å². The Kier molecular flexibility index (Phi) is 4.08. The molecular weight excluding hydrogens is 304 g/mol. The lowest BCUT2D eigenvalue weighted by Crippen LogP contribution is -2.23. The molecule has 0 atom stereocenters. The number of fused-ring (bicyclic) bond motifs is 1. The topological polar surface area (TPSA) is 74.8 Å². The van der Waals surface area contributed by atoms with Crippen molar-refractivity contribution in [1.29, 1.82) is 0 Å². The van der Waals surface area contributed by atoms with Gasteiger partial charge >= 0.3 is 0 Å². The van der Waals surface area contributed by atoms with E-state index in [9.17, 15) is 15.0 Å². The number of pyridine rings is 1. The zero-order valence-corrected chi connectivity index (χ0v) is 13.5. The van der Waals surface area contributed by atoms with Crippen molar-refractivity contribution >= 4 is 22.8 Å². The number of para-hydroxylation sites is 1. The summed E-state index contributed by atoms with van der Waals surface area (Å²) < 4.78 is 1.61. The number of aromatic nitrogens is 1. The molecule has 1 aromatic heterocycles. The molecule has 2 N–H and O–H groups in total. The van der Waals surface area contributed by atoms with E-state index in [1.807, 2.05) is 32.0 Å². The van der Waals surface area contributed by atoms with Gasteiger partial charge in [0.1, 0.15) is 17.1 Å². The first-order valence-corrected chi connectivity index (χ1v) is 7.71. The fourth-order valence-corrected chi connectivity index (χ4v) is 2.76. The molecule has 2 aromatic carbocycles. The van der Waals surface area contributed by atoms with Gasteiger partial charge in [-0.15, -0.1) is 0 Å². The van der Waals surface area contributed by atoms with Gasteiger partial charge in [-0.1, -0.05) is 12.1 Å². The predicted octanol–water partition coefficient (Wildman–Crippen LogP) is 3.49. The van der Waals surface area contributed by atoms with Crippen molar-refractivity contribution in [2.24, 2.45) is 4.99 Å². The monoisotopic (exact) mass is 322 g/mol. The largest absolute Gasteiger partial charge is 0.508 e. The molecule has 0 unspecified atom stereocenters. The number of rotatable bonds is 3. The predicted molar refractivity (Wildman–Crippen MR) is 95.6 cm³/mol. The summed E-state index contributed by atoms with van der Waals surface area (Å²) in [6, 6.07) is 12.0. The summed E-state index contributed by atoms with van der Waals surface area (Å²) in [5, 5.41) is 20.6. The summed E-state index contributed by atoms with van der Waals surface area (Å²) in [6.45, 7) is 4.20. The van der Waals surface area contributed by atoms with Gasteiger partial charge in [-0.05, 0) is 49.7 Å². The summed E-state index contributed by atoms with van der Waals surface area (Å²) >= 11 is 0. The van der Waals surface area contributed by atoms with Crippen molar-refractivity contribution in [3.63, 3.8) is 0 Å². The molecule has 5 nitrogen and oxygen atoms in total. The normalized spacial score (nSPS) is 11.4. The third-order valence-corrected chi connectivity index (χ3v) is 4.01. The Labute approximate surface area is 139 Å². The summed E-state index contributed by atoms with van der Waals surface area (Å²) in [4.78, 5) is 17.0. The highest BCUT2D eigenvalue weighted by Gasteiger charge is 2.13. The lowest BCUT2D eigenvalue weighted by atomic mass is 10.1. The quantitative estimate of drug-likeness (QED) is 0.725. The van der Waals surface area contributed by atoms with E-state index in [4.69, 9.17) is 0 Å². The molecule has 0 aliphatic carbocycles. The highest BCUT2D eigenvalue weighted by atomic mass is 16.3. The zero-order valence-electron chi connectivity index (χ0n) is 13.5. The van der Waals surface area contributed by atoms with Crippen LogP contribution in [0.2, 0.25) is 0 Å². The van der Waals surface area contributed by atoms with Crippen molar-refractivity contribution < 1.29 is 10.2 Å². The number of hydrogen-bond donors (Lipinski definition) is 2. The standard InChI is InChI=1S/C19H18N2O3/c1-3-21-17-7-5-4-6-14(17)18(23)15(19(21)24)11-20-16-9-8-13(22)10-12(16)2/h4-11,22-23H,3H2,1-2H3. The molecule has 1 heterocycles. The summed E-state index contributed by atoms with van der Waals surface area (Å²) in [5.74, 6) is 0.0915. The van der Waals surface area contributed by atoms with Crippen LogP contribution in [-0.4, -0.2) is 21.0 Å². The highest BCUT2D eigenvalue weighted by Crippen LogP contribution is 2.27. The molecule has 122 valence electrons. The summed E-state index contributed by atoms with van der Waals surface area (Å²) in [5.41, 5.74) is 1.97. The molecule has 5 heteroatoms. The van der Waals surface area contributed by atoms with Crippen LogP contribution >= 0.6 is 0 Å². The maximum atomic E-state index is 12.7. The molecule has 0 saturated heterocycles. The molecule has 3 aromatic rings. The van der Waals surface area contributed by atoms with Crippen molar-refractivity contribution in [2.75, 3.05) is 0 Å². The van der Waals surface area contributed by atoms with Crippen molar-refractivity contribution in [3.05, 3.63) is 63.9 Å². The van der Waals surface area contributed by atoms with Gasteiger partial charge in [-0.25, -0.2) is 0 Å². The summed E-state index contributed by atoms with van der Waals surface area (Å²) in [6.07, 6.45) is 1.38. The molecule has 0 fully saturated rings. The second-order valence-corrected chi connectivity index (χ2v) is 5.56. The number of phenols is 1. The molecule has 0 radical (unpaired) electrons. The van der Waals surface area contributed by atoms with Crippen LogP contribution in [-0.2, 0) is 6.54 Å². The van der Waals surface area contributed by atoms with Gasteiger partial charge in [-0.3, -0.25) is 9.79 Å². The average Bonchev–Trinajstić information content (AvgIpc) is 2.57. The first-order valence-electron chi connectivity index (χ1n) is 7.71. The lowest BCUT2D eigenvalue weighted by Gasteiger charge is -2.11. The molecule has 0 saturated carbocycles. The van der Waals surface area contributed by atoms with Gasteiger partial charge in [-0.2, -0.15) is 0 Å². The SMILES string of the molecule is CCn1c(=O)c(C=Nc2ccc(O)cc2C)c(O)c2ccccc21. The second-order valence-electron chi connectivity index (χ2n) is 5.56. The molecule has 0 amide bonds. The maximum Gasteiger partial charge on any atom is 0.263 e. The Morgan fingerprint density at radius 3 is 2.62 bits per heavy atom. The number of phenolic OH excluding ortho intramolecular Hbond substituents is 1. The minimum atomic E-state index is -0.283. The molecule has 3 rings (SSSR count). The van der Waals surface area contributed by atoms with Gasteiger partial charge in [0.2, 0.25) is 0 Å². The van der Waals surface area contributed by atoms with Crippen LogP contribution < -0.4 is 5.56 Å². The van der Waals surface area contributed by atoms with Crippen molar-refractivity contribution in [3.8, 4) is 11.5 Å². The van der Waals surface area contributed by atoms with Crippen LogP contribution in [0.15, 0.2) is 52.3 Å². The Morgan fingerprint density at radius 2 is 1.92 bits per heavy atom. The zero-order chi connectivity index (χ0) is 17.3. The van der Waals surface area contributed by atoms with E-state index in [-0.39, 0.29) is 22.6 Å². The van der Waals surface area contributed by atoms with Crippen LogP contribution in [0.4, 0.5) is 5.69 Å². The van der Waals surface area contributed by atoms with Gasteiger partial charge in [0, 0.05) is 18.1 Å². The molecule has 0 aliphatic heterocycles. The van der Waals surface area contributed by atoms with E-state index in [1.165, 1.54) is 12.3 Å². The molecular formula is C19H18N2O3. The Hall–Kier alpha value is -3.08. The number of benzene rings is 2. The van der Waals surface area contributed by atoms with Crippen molar-refractivity contribution in [2.45, 2.75) is 20.4 Å². The first kappa shape index (κ1) is 15.8. The minimum absolute atomic E-state index is 0.0690. The molecule has 0 bridgehead atoms. The van der Waals surface area contributed by atoms with E-state index < -0.39 is 0 Å². The van der Waals surface area contributed by atoms with Crippen LogP contribution in [0, 0.1) is 6.92 Å². The lowest BCUT2D eigenvalue weighted by molar-refractivity contribution is 0.475. The van der Waals surface area contributed by atoms with E-state index in [1.54, 1.807) is 22.8 Å². The fourth-order valence-electron chi connectivity index (χ4n) is 2.76. The van der Waals surface area contributed by atoms with Crippen LogP contribution in [0.5, 0.6) is 11.5 Å². The number of aliphatic imine (C=N–C) groups is 1. The summed E-state index contributed by atoms with van der Waals surface area (Å²) in [7, 11) is 0.